The smallest absolute Gasteiger partial charge is 0.313 e. The summed E-state index contributed by atoms with van der Waals surface area (Å²) in [6.45, 7) is 1.75. The van der Waals surface area contributed by atoms with Crippen LogP contribution in [0, 0.1) is 5.92 Å². The van der Waals surface area contributed by atoms with E-state index >= 15 is 0 Å². The molecule has 0 aromatic heterocycles. The molecule has 1 aliphatic carbocycles. The number of rotatable bonds is 11. The number of aliphatic hydroxyl groups is 2. The molecule has 4 atom stereocenters. The molecule has 2 aromatic carbocycles. The van der Waals surface area contributed by atoms with Crippen LogP contribution in [0.2, 0.25) is 0 Å². The number of hydrogen-bond acceptors (Lipinski definition) is 6. The lowest BCUT2D eigenvalue weighted by Gasteiger charge is -2.23. The first-order valence-electron chi connectivity index (χ1n) is 10.8. The molecule has 32 heavy (non-hydrogen) atoms. The van der Waals surface area contributed by atoms with Crippen molar-refractivity contribution in [2.24, 2.45) is 5.92 Å². The fraction of sp³-hybridized carbons (Fsp3) is 0.440. The fourth-order valence-electron chi connectivity index (χ4n) is 4.05. The maximum atomic E-state index is 12.4. The highest BCUT2D eigenvalue weighted by molar-refractivity contribution is 8.01. The predicted octanol–water partition coefficient (Wildman–Crippen LogP) is 3.95. The Morgan fingerprint density at radius 1 is 1.19 bits per heavy atom. The van der Waals surface area contributed by atoms with Gasteiger partial charge in [-0.25, -0.2) is 0 Å². The average molecular weight is 475 g/mol. The molecule has 0 spiro atoms. The lowest BCUT2D eigenvalue weighted by Crippen LogP contribution is -2.27. The van der Waals surface area contributed by atoms with E-state index in [2.05, 4.69) is 0 Å². The number of benzene rings is 2. The van der Waals surface area contributed by atoms with Gasteiger partial charge in [0.2, 0.25) is 0 Å². The highest BCUT2D eigenvalue weighted by atomic mass is 32.2. The van der Waals surface area contributed by atoms with Gasteiger partial charge in [-0.15, -0.1) is 11.8 Å². The van der Waals surface area contributed by atoms with Gasteiger partial charge in [0.25, 0.3) is 0 Å². The third kappa shape index (κ3) is 6.85. The molecule has 0 amide bonds. The Morgan fingerprint density at radius 2 is 1.94 bits per heavy atom. The van der Waals surface area contributed by atoms with Crippen molar-refractivity contribution in [3.05, 3.63) is 60.2 Å². The van der Waals surface area contributed by atoms with Gasteiger partial charge in [-0.2, -0.15) is 11.8 Å². The van der Waals surface area contributed by atoms with E-state index in [4.69, 9.17) is 5.11 Å². The zero-order chi connectivity index (χ0) is 23.1. The SMILES string of the molecule is C[C@@](O)(C=C[C@H]1[C@H](O)CC(=O)[C@@H]1SCCCSCC(=O)O)Cc1cccc2ccccc12. The minimum atomic E-state index is -1.11. The number of fused-ring (bicyclic) bond motifs is 1. The van der Waals surface area contributed by atoms with Crippen LogP contribution < -0.4 is 0 Å². The van der Waals surface area contributed by atoms with Crippen molar-refractivity contribution in [1.82, 2.24) is 0 Å². The van der Waals surface area contributed by atoms with Crippen LogP contribution in [-0.2, 0) is 16.0 Å². The maximum absolute atomic E-state index is 12.4. The van der Waals surface area contributed by atoms with Crippen molar-refractivity contribution >= 4 is 46.0 Å². The van der Waals surface area contributed by atoms with Gasteiger partial charge < -0.3 is 15.3 Å². The highest BCUT2D eigenvalue weighted by Gasteiger charge is 2.40. The number of carboxylic acids is 1. The number of carbonyl (C=O) groups is 2. The monoisotopic (exact) mass is 474 g/mol. The molecule has 3 rings (SSSR count). The maximum Gasteiger partial charge on any atom is 0.313 e. The molecule has 0 heterocycles. The molecule has 0 bridgehead atoms. The first-order valence-corrected chi connectivity index (χ1v) is 13.0. The van der Waals surface area contributed by atoms with E-state index in [9.17, 15) is 19.8 Å². The number of aliphatic hydroxyl groups excluding tert-OH is 1. The van der Waals surface area contributed by atoms with Crippen LogP contribution in [0.15, 0.2) is 54.6 Å². The van der Waals surface area contributed by atoms with Gasteiger partial charge in [0.1, 0.15) is 5.78 Å². The van der Waals surface area contributed by atoms with E-state index in [1.165, 1.54) is 23.5 Å². The summed E-state index contributed by atoms with van der Waals surface area (Å²) in [6.07, 6.45) is 4.14. The van der Waals surface area contributed by atoms with E-state index in [0.717, 1.165) is 34.3 Å². The van der Waals surface area contributed by atoms with Crippen molar-refractivity contribution < 1.29 is 24.9 Å². The van der Waals surface area contributed by atoms with Gasteiger partial charge in [-0.05, 0) is 41.2 Å². The Morgan fingerprint density at radius 3 is 2.72 bits per heavy atom. The summed E-state index contributed by atoms with van der Waals surface area (Å²) in [5.74, 6) is 0.415. The molecule has 0 unspecified atom stereocenters. The lowest BCUT2D eigenvalue weighted by atomic mass is 9.91. The molecule has 3 N–H and O–H groups in total. The first-order chi connectivity index (χ1) is 15.3. The Kier molecular flexibility index (Phi) is 8.82. The third-order valence-electron chi connectivity index (χ3n) is 5.58. The molecule has 0 radical (unpaired) electrons. The molecule has 1 aliphatic rings. The van der Waals surface area contributed by atoms with Crippen molar-refractivity contribution in [2.75, 3.05) is 17.3 Å². The van der Waals surface area contributed by atoms with Crippen molar-refractivity contribution in [3.63, 3.8) is 0 Å². The largest absolute Gasteiger partial charge is 0.481 e. The molecule has 5 nitrogen and oxygen atoms in total. The number of carboxylic acid groups (broad SMARTS) is 1. The molecular formula is C25H30O5S2. The van der Waals surface area contributed by atoms with E-state index in [1.54, 1.807) is 19.1 Å². The fourth-order valence-corrected chi connectivity index (χ4v) is 6.24. The second-order valence-electron chi connectivity index (χ2n) is 8.44. The predicted molar refractivity (Wildman–Crippen MR) is 132 cm³/mol. The summed E-state index contributed by atoms with van der Waals surface area (Å²) in [4.78, 5) is 23.0. The molecule has 2 aromatic rings. The summed E-state index contributed by atoms with van der Waals surface area (Å²) in [5, 5.41) is 32.0. The average Bonchev–Trinajstić information content (AvgIpc) is 3.01. The van der Waals surface area contributed by atoms with E-state index < -0.39 is 17.7 Å². The van der Waals surface area contributed by atoms with Gasteiger partial charge in [-0.1, -0.05) is 54.6 Å². The molecule has 0 saturated heterocycles. The minimum Gasteiger partial charge on any atom is -0.481 e. The van der Waals surface area contributed by atoms with Crippen LogP contribution in [0.3, 0.4) is 0 Å². The van der Waals surface area contributed by atoms with Crippen molar-refractivity contribution in [3.8, 4) is 0 Å². The summed E-state index contributed by atoms with van der Waals surface area (Å²) in [7, 11) is 0. The van der Waals surface area contributed by atoms with Crippen LogP contribution >= 0.6 is 23.5 Å². The van der Waals surface area contributed by atoms with Crippen LogP contribution in [0.4, 0.5) is 0 Å². The summed E-state index contributed by atoms with van der Waals surface area (Å²) in [6, 6.07) is 14.1. The van der Waals surface area contributed by atoms with Crippen molar-refractivity contribution in [1.29, 1.82) is 0 Å². The lowest BCUT2D eigenvalue weighted by molar-refractivity contribution is -0.133. The van der Waals surface area contributed by atoms with Gasteiger partial charge in [0, 0.05) is 18.8 Å². The Labute approximate surface area is 197 Å². The topological polar surface area (TPSA) is 94.8 Å². The number of ketones is 1. The number of thioether (sulfide) groups is 2. The van der Waals surface area contributed by atoms with Gasteiger partial charge in [-0.3, -0.25) is 9.59 Å². The molecule has 172 valence electrons. The Balaban J connectivity index is 1.61. The number of Topliss-reactive ketones (excluding diaryl/α,β-unsaturated/α-hetero) is 1. The van der Waals surface area contributed by atoms with Crippen LogP contribution in [0.1, 0.15) is 25.3 Å². The quantitative estimate of drug-likeness (QED) is 0.335. The van der Waals surface area contributed by atoms with E-state index in [1.807, 2.05) is 42.5 Å². The Bertz CT molecular complexity index is 966. The zero-order valence-corrected chi connectivity index (χ0v) is 19.8. The molecule has 1 fully saturated rings. The molecular weight excluding hydrogens is 444 g/mol. The molecule has 7 heteroatoms. The molecule has 1 saturated carbocycles. The van der Waals surface area contributed by atoms with Crippen LogP contribution in [-0.4, -0.2) is 61.3 Å². The standard InChI is InChI=1S/C25H30O5S2/c1-25(30,15-18-8-4-7-17-6-2-3-9-19(17)18)11-10-20-21(26)14-22(27)24(20)32-13-5-12-31-16-23(28)29/h2-4,6-11,20-21,24,26,30H,5,12-16H2,1H3,(H,28,29)/t20-,21+,24+,25+/m0/s1. The van der Waals surface area contributed by atoms with Crippen LogP contribution in [0.25, 0.3) is 10.8 Å². The second kappa shape index (κ2) is 11.4. The Hall–Kier alpha value is -1.80. The highest BCUT2D eigenvalue weighted by Crippen LogP contribution is 2.35. The van der Waals surface area contributed by atoms with Crippen LogP contribution in [0.5, 0.6) is 0 Å². The normalized spacial score (nSPS) is 23.1. The van der Waals surface area contributed by atoms with Gasteiger partial charge >= 0.3 is 5.97 Å². The minimum absolute atomic E-state index is 0.0315. The third-order valence-corrected chi connectivity index (χ3v) is 8.07. The second-order valence-corrected chi connectivity index (χ2v) is 10.8. The van der Waals surface area contributed by atoms with E-state index in [0.29, 0.717) is 6.42 Å². The molecule has 0 aliphatic heterocycles. The number of hydrogen-bond donors (Lipinski definition) is 3. The summed E-state index contributed by atoms with van der Waals surface area (Å²) >= 11 is 2.88. The van der Waals surface area contributed by atoms with E-state index in [-0.39, 0.29) is 29.1 Å². The number of carbonyl (C=O) groups excluding carboxylic acids is 1. The van der Waals surface area contributed by atoms with Gasteiger partial charge in [0.15, 0.2) is 0 Å². The summed E-state index contributed by atoms with van der Waals surface area (Å²) in [5.41, 5.74) is -0.0661. The van der Waals surface area contributed by atoms with Gasteiger partial charge in [0.05, 0.1) is 22.7 Å². The number of aliphatic carboxylic acids is 1. The zero-order valence-electron chi connectivity index (χ0n) is 18.1. The van der Waals surface area contributed by atoms with Crippen molar-refractivity contribution in [2.45, 2.75) is 43.1 Å². The first kappa shape index (κ1) is 24.8. The summed E-state index contributed by atoms with van der Waals surface area (Å²) < 4.78 is 0.